The van der Waals surface area contributed by atoms with Gasteiger partial charge in [-0.15, -0.1) is 0 Å². The summed E-state index contributed by atoms with van der Waals surface area (Å²) in [5.74, 6) is 0.858. The largest absolute Gasteiger partial charge is 0.375 e. The Hall–Kier alpha value is -0.680. The van der Waals surface area contributed by atoms with Gasteiger partial charge in [0.15, 0.2) is 0 Å². The number of hydrogen-bond acceptors (Lipinski definition) is 5. The fourth-order valence-corrected chi connectivity index (χ4v) is 2.40. The predicted molar refractivity (Wildman–Crippen MR) is 56.9 cm³/mol. The Bertz CT molecular complexity index is 315. The minimum Gasteiger partial charge on any atom is -0.375 e. The number of aromatic nitrogens is 2. The van der Waals surface area contributed by atoms with Crippen LogP contribution >= 0.6 is 11.5 Å². The lowest BCUT2D eigenvalue weighted by Gasteiger charge is -2.37. The maximum Gasteiger partial charge on any atom is 0.205 e. The van der Waals surface area contributed by atoms with Crippen molar-refractivity contribution in [1.29, 1.82) is 0 Å². The van der Waals surface area contributed by atoms with E-state index in [1.807, 2.05) is 6.92 Å². The normalized spacial score (nSPS) is 28.1. The molecule has 14 heavy (non-hydrogen) atoms. The number of hydrogen-bond donors (Lipinski definition) is 0. The second kappa shape index (κ2) is 3.82. The van der Waals surface area contributed by atoms with E-state index in [1.165, 1.54) is 11.5 Å². The zero-order chi connectivity index (χ0) is 10.1. The molecule has 0 unspecified atom stereocenters. The average molecular weight is 213 g/mol. The molecule has 2 heterocycles. The topological polar surface area (TPSA) is 38.2 Å². The summed E-state index contributed by atoms with van der Waals surface area (Å²) < 4.78 is 9.76. The quantitative estimate of drug-likeness (QED) is 0.708. The summed E-state index contributed by atoms with van der Waals surface area (Å²) in [4.78, 5) is 6.67. The van der Waals surface area contributed by atoms with Crippen LogP contribution in [-0.4, -0.2) is 34.7 Å². The number of anilines is 1. The molecule has 0 N–H and O–H groups in total. The molecular weight excluding hydrogens is 198 g/mol. The molecule has 0 bridgehead atoms. The Morgan fingerprint density at radius 2 is 2.29 bits per heavy atom. The van der Waals surface area contributed by atoms with Gasteiger partial charge in [-0.2, -0.15) is 4.37 Å². The Labute approximate surface area is 88.1 Å². The van der Waals surface area contributed by atoms with Crippen molar-refractivity contribution >= 4 is 16.7 Å². The second-order valence-corrected chi connectivity index (χ2v) is 4.36. The van der Waals surface area contributed by atoms with Crippen molar-refractivity contribution in [2.75, 3.05) is 18.1 Å². The van der Waals surface area contributed by atoms with Crippen molar-refractivity contribution in [3.05, 3.63) is 5.82 Å². The van der Waals surface area contributed by atoms with Crippen LogP contribution in [-0.2, 0) is 4.74 Å². The van der Waals surface area contributed by atoms with Gasteiger partial charge in [-0.1, -0.05) is 0 Å². The van der Waals surface area contributed by atoms with Crippen molar-refractivity contribution in [1.82, 2.24) is 9.36 Å². The van der Waals surface area contributed by atoms with E-state index in [2.05, 4.69) is 28.1 Å². The van der Waals surface area contributed by atoms with Crippen molar-refractivity contribution < 1.29 is 4.74 Å². The highest BCUT2D eigenvalue weighted by Gasteiger charge is 2.27. The third-order valence-electron chi connectivity index (χ3n) is 2.65. The number of aryl methyl sites for hydroxylation is 1. The molecule has 1 fully saturated rings. The van der Waals surface area contributed by atoms with Crippen LogP contribution < -0.4 is 4.90 Å². The summed E-state index contributed by atoms with van der Waals surface area (Å²) in [5.41, 5.74) is 0. The lowest BCUT2D eigenvalue weighted by Crippen LogP contribution is -2.48. The molecule has 1 aliphatic heterocycles. The van der Waals surface area contributed by atoms with Gasteiger partial charge in [-0.25, -0.2) is 4.98 Å². The zero-order valence-corrected chi connectivity index (χ0v) is 9.54. The second-order valence-electron chi connectivity index (χ2n) is 3.63. The van der Waals surface area contributed by atoms with Crippen molar-refractivity contribution in [2.24, 2.45) is 0 Å². The minimum absolute atomic E-state index is 0.271. The molecule has 0 aliphatic carbocycles. The predicted octanol–water partition coefficient (Wildman–Crippen LogP) is 1.46. The Morgan fingerprint density at radius 3 is 2.93 bits per heavy atom. The third kappa shape index (κ3) is 1.74. The molecular formula is C9H15N3OS. The molecule has 0 radical (unpaired) electrons. The number of rotatable bonds is 1. The van der Waals surface area contributed by atoms with Gasteiger partial charge in [0.1, 0.15) is 5.82 Å². The molecule has 0 aromatic carbocycles. The average Bonchev–Trinajstić information content (AvgIpc) is 2.57. The van der Waals surface area contributed by atoms with Crippen LogP contribution in [0.5, 0.6) is 0 Å². The summed E-state index contributed by atoms with van der Waals surface area (Å²) in [7, 11) is 0. The van der Waals surface area contributed by atoms with Gasteiger partial charge in [0.05, 0.1) is 18.8 Å². The van der Waals surface area contributed by atoms with Gasteiger partial charge >= 0.3 is 0 Å². The Kier molecular flexibility index (Phi) is 2.69. The van der Waals surface area contributed by atoms with Crippen molar-refractivity contribution in [2.45, 2.75) is 32.9 Å². The lowest BCUT2D eigenvalue weighted by molar-refractivity contribution is 0.0284. The van der Waals surface area contributed by atoms with Crippen LogP contribution in [0.15, 0.2) is 0 Å². The van der Waals surface area contributed by atoms with Gasteiger partial charge in [0, 0.05) is 18.1 Å². The van der Waals surface area contributed by atoms with Crippen LogP contribution in [0.3, 0.4) is 0 Å². The monoisotopic (exact) mass is 213 g/mol. The Balaban J connectivity index is 2.17. The maximum absolute atomic E-state index is 5.56. The first kappa shape index (κ1) is 9.86. The summed E-state index contributed by atoms with van der Waals surface area (Å²) >= 11 is 1.47. The fourth-order valence-electron chi connectivity index (χ4n) is 1.61. The van der Waals surface area contributed by atoms with Crippen LogP contribution in [0.2, 0.25) is 0 Å². The molecule has 1 aromatic heterocycles. The minimum atomic E-state index is 0.271. The molecule has 1 aliphatic rings. The summed E-state index contributed by atoms with van der Waals surface area (Å²) in [6.07, 6.45) is 0.271. The van der Waals surface area contributed by atoms with Gasteiger partial charge in [-0.05, 0) is 20.8 Å². The van der Waals surface area contributed by atoms with Crippen LogP contribution in [0, 0.1) is 6.92 Å². The number of ether oxygens (including phenoxy) is 1. The first-order chi connectivity index (χ1) is 6.68. The Morgan fingerprint density at radius 1 is 1.50 bits per heavy atom. The van der Waals surface area contributed by atoms with Gasteiger partial charge < -0.3 is 9.64 Å². The molecule has 2 rings (SSSR count). The standard InChI is InChI=1S/C9H15N3OS/c1-6-7(2)13-5-4-12(6)9-10-8(3)11-14-9/h6-7H,4-5H2,1-3H3/t6-,7-/m0/s1. The lowest BCUT2D eigenvalue weighted by atomic mass is 10.1. The van der Waals surface area contributed by atoms with Crippen LogP contribution in [0.25, 0.3) is 0 Å². The highest BCUT2D eigenvalue weighted by Crippen LogP contribution is 2.23. The van der Waals surface area contributed by atoms with Gasteiger partial charge in [-0.3, -0.25) is 0 Å². The van der Waals surface area contributed by atoms with Crippen molar-refractivity contribution in [3.8, 4) is 0 Å². The molecule has 4 nitrogen and oxygen atoms in total. The van der Waals surface area contributed by atoms with E-state index in [0.29, 0.717) is 6.04 Å². The number of morpholine rings is 1. The first-order valence-electron chi connectivity index (χ1n) is 4.87. The van der Waals surface area contributed by atoms with E-state index in [1.54, 1.807) is 0 Å². The van der Waals surface area contributed by atoms with E-state index < -0.39 is 0 Å². The maximum atomic E-state index is 5.56. The first-order valence-corrected chi connectivity index (χ1v) is 5.64. The van der Waals surface area contributed by atoms with Crippen LogP contribution in [0.1, 0.15) is 19.7 Å². The number of nitrogens with zero attached hydrogens (tertiary/aromatic N) is 3. The van der Waals surface area contributed by atoms with Crippen molar-refractivity contribution in [3.63, 3.8) is 0 Å². The van der Waals surface area contributed by atoms with E-state index in [0.717, 1.165) is 24.1 Å². The molecule has 5 heteroatoms. The smallest absolute Gasteiger partial charge is 0.205 e. The van der Waals surface area contributed by atoms with E-state index in [-0.39, 0.29) is 6.10 Å². The summed E-state index contributed by atoms with van der Waals surface area (Å²) in [6.45, 7) is 7.89. The molecule has 1 saturated heterocycles. The highest BCUT2D eigenvalue weighted by molar-refractivity contribution is 7.09. The van der Waals surface area contributed by atoms with Crippen LogP contribution in [0.4, 0.5) is 5.13 Å². The molecule has 78 valence electrons. The molecule has 0 spiro atoms. The molecule has 0 saturated carbocycles. The van der Waals surface area contributed by atoms with E-state index in [9.17, 15) is 0 Å². The summed E-state index contributed by atoms with van der Waals surface area (Å²) in [6, 6.07) is 0.385. The molecule has 0 amide bonds. The molecule has 2 atom stereocenters. The van der Waals surface area contributed by atoms with Gasteiger partial charge in [0.2, 0.25) is 5.13 Å². The SMILES string of the molecule is Cc1nsc(N2CCO[C@@H](C)[C@@H]2C)n1. The zero-order valence-electron chi connectivity index (χ0n) is 8.73. The summed E-state index contributed by atoms with van der Waals surface area (Å²) in [5, 5.41) is 1.02. The highest BCUT2D eigenvalue weighted by atomic mass is 32.1. The fraction of sp³-hybridized carbons (Fsp3) is 0.778. The third-order valence-corrected chi connectivity index (χ3v) is 3.49. The molecule has 1 aromatic rings. The van der Waals surface area contributed by atoms with Gasteiger partial charge in [0.25, 0.3) is 0 Å². The van der Waals surface area contributed by atoms with E-state index >= 15 is 0 Å². The van der Waals surface area contributed by atoms with E-state index in [4.69, 9.17) is 4.74 Å².